The van der Waals surface area contributed by atoms with Crippen molar-refractivity contribution in [2.75, 3.05) is 18.0 Å². The van der Waals surface area contributed by atoms with Crippen molar-refractivity contribution in [3.63, 3.8) is 0 Å². The molecule has 0 aliphatic carbocycles. The van der Waals surface area contributed by atoms with Crippen molar-refractivity contribution < 1.29 is 4.39 Å². The Morgan fingerprint density at radius 1 is 1.41 bits per heavy atom. The molecule has 1 aromatic heterocycles. The Morgan fingerprint density at radius 3 is 2.82 bits per heavy atom. The topological polar surface area (TPSA) is 55.0 Å². The first-order valence-corrected chi connectivity index (χ1v) is 7.89. The summed E-state index contributed by atoms with van der Waals surface area (Å²) in [5, 5.41) is 0.691. The smallest absolute Gasteiger partial charge is 0.225 e. The van der Waals surface area contributed by atoms with Crippen LogP contribution < -0.4 is 10.6 Å². The van der Waals surface area contributed by atoms with Crippen LogP contribution in [0.15, 0.2) is 16.6 Å². The van der Waals surface area contributed by atoms with E-state index in [2.05, 4.69) is 30.8 Å². The van der Waals surface area contributed by atoms with E-state index in [1.165, 1.54) is 0 Å². The summed E-state index contributed by atoms with van der Waals surface area (Å²) < 4.78 is 14.6. The van der Waals surface area contributed by atoms with Crippen molar-refractivity contribution in [2.45, 2.75) is 25.3 Å². The van der Waals surface area contributed by atoms with Crippen LogP contribution in [-0.4, -0.2) is 28.6 Å². The van der Waals surface area contributed by atoms with Crippen LogP contribution in [0.1, 0.15) is 19.8 Å². The molecular weight excluding hydrogens is 394 g/mol. The summed E-state index contributed by atoms with van der Waals surface area (Å²) in [6.45, 7) is 3.50. The molecule has 0 radical (unpaired) electrons. The number of rotatable bonds is 1. The SMILES string of the molecule is CC1(N)CCCN(c2nc(Cl)nc3c(F)c(Br)ccc23)C1.Cl. The fourth-order valence-electron chi connectivity index (χ4n) is 2.78. The van der Waals surface area contributed by atoms with Crippen LogP contribution in [0.5, 0.6) is 0 Å². The van der Waals surface area contributed by atoms with E-state index in [0.29, 0.717) is 22.2 Å². The lowest BCUT2D eigenvalue weighted by Crippen LogP contribution is -2.52. The monoisotopic (exact) mass is 408 g/mol. The predicted octanol–water partition coefficient (Wildman–Crippen LogP) is 3.92. The van der Waals surface area contributed by atoms with E-state index in [1.54, 1.807) is 12.1 Å². The van der Waals surface area contributed by atoms with E-state index >= 15 is 0 Å². The van der Waals surface area contributed by atoms with Crippen molar-refractivity contribution >= 4 is 56.7 Å². The molecule has 0 amide bonds. The van der Waals surface area contributed by atoms with Crippen LogP contribution in [0, 0.1) is 5.82 Å². The van der Waals surface area contributed by atoms with Gasteiger partial charge < -0.3 is 10.6 Å². The molecule has 4 nitrogen and oxygen atoms in total. The van der Waals surface area contributed by atoms with Crippen molar-refractivity contribution in [3.8, 4) is 0 Å². The van der Waals surface area contributed by atoms with E-state index in [0.717, 1.165) is 19.4 Å². The Labute approximate surface area is 147 Å². The zero-order chi connectivity index (χ0) is 15.2. The van der Waals surface area contributed by atoms with E-state index in [1.807, 2.05) is 6.92 Å². The highest BCUT2D eigenvalue weighted by atomic mass is 79.9. The average Bonchev–Trinajstić information content (AvgIpc) is 2.41. The summed E-state index contributed by atoms with van der Waals surface area (Å²) in [6.07, 6.45) is 1.93. The fourth-order valence-corrected chi connectivity index (χ4v) is 3.27. The number of hydrogen-bond donors (Lipinski definition) is 1. The van der Waals surface area contributed by atoms with Gasteiger partial charge in [-0.2, -0.15) is 4.98 Å². The number of halogens is 4. The molecule has 1 aliphatic rings. The molecule has 1 saturated heterocycles. The van der Waals surface area contributed by atoms with Crippen molar-refractivity contribution in [2.24, 2.45) is 5.73 Å². The fraction of sp³-hybridized carbons (Fsp3) is 0.429. The van der Waals surface area contributed by atoms with Crippen LogP contribution in [-0.2, 0) is 0 Å². The minimum Gasteiger partial charge on any atom is -0.354 e. The molecule has 3 rings (SSSR count). The molecule has 0 spiro atoms. The minimum absolute atomic E-state index is 0. The van der Waals surface area contributed by atoms with Crippen LogP contribution in [0.25, 0.3) is 10.9 Å². The lowest BCUT2D eigenvalue weighted by molar-refractivity contribution is 0.374. The Kier molecular flexibility index (Phi) is 5.16. The second-order valence-electron chi connectivity index (χ2n) is 5.75. The van der Waals surface area contributed by atoms with E-state index in [4.69, 9.17) is 17.3 Å². The van der Waals surface area contributed by atoms with E-state index in [-0.39, 0.29) is 28.7 Å². The third-order valence-corrected chi connectivity index (χ3v) is 4.52. The molecule has 8 heteroatoms. The maximum absolute atomic E-state index is 14.2. The molecule has 1 fully saturated rings. The van der Waals surface area contributed by atoms with Crippen molar-refractivity contribution in [1.82, 2.24) is 9.97 Å². The summed E-state index contributed by atoms with van der Waals surface area (Å²) in [5.41, 5.74) is 6.19. The van der Waals surface area contributed by atoms with Gasteiger partial charge in [0.1, 0.15) is 11.3 Å². The van der Waals surface area contributed by atoms with Crippen LogP contribution in [0.4, 0.5) is 10.2 Å². The van der Waals surface area contributed by atoms with Gasteiger partial charge in [-0.3, -0.25) is 0 Å². The van der Waals surface area contributed by atoms with Gasteiger partial charge >= 0.3 is 0 Å². The van der Waals surface area contributed by atoms with Gasteiger partial charge in [-0.15, -0.1) is 12.4 Å². The molecule has 2 N–H and O–H groups in total. The van der Waals surface area contributed by atoms with Crippen molar-refractivity contribution in [3.05, 3.63) is 27.7 Å². The largest absolute Gasteiger partial charge is 0.354 e. The third kappa shape index (κ3) is 3.30. The Bertz CT molecular complexity index is 711. The number of fused-ring (bicyclic) bond motifs is 1. The Hall–Kier alpha value is -0.690. The summed E-state index contributed by atoms with van der Waals surface area (Å²) in [4.78, 5) is 10.4. The number of hydrogen-bond acceptors (Lipinski definition) is 4. The maximum Gasteiger partial charge on any atom is 0.225 e. The Morgan fingerprint density at radius 2 is 2.14 bits per heavy atom. The zero-order valence-corrected chi connectivity index (χ0v) is 15.1. The molecule has 1 aliphatic heterocycles. The number of nitrogens with two attached hydrogens (primary N) is 1. The summed E-state index contributed by atoms with van der Waals surface area (Å²) in [6, 6.07) is 3.46. The second kappa shape index (κ2) is 6.43. The van der Waals surface area contributed by atoms with Crippen LogP contribution >= 0.6 is 39.9 Å². The standard InChI is InChI=1S/C14H15BrClFN4.ClH/c1-14(18)5-2-6-21(7-14)12-8-3-4-9(15)10(17)11(8)19-13(16)20-12;/h3-4H,2,5-7,18H2,1H3;1H. The first-order valence-electron chi connectivity index (χ1n) is 6.72. The summed E-state index contributed by atoms with van der Waals surface area (Å²) >= 11 is 9.14. The summed E-state index contributed by atoms with van der Waals surface area (Å²) in [7, 11) is 0. The van der Waals surface area contributed by atoms with Gasteiger partial charge in [-0.25, -0.2) is 9.37 Å². The first-order chi connectivity index (χ1) is 9.87. The van der Waals surface area contributed by atoms with Gasteiger partial charge in [0.15, 0.2) is 5.82 Å². The Balaban J connectivity index is 0.00000176. The molecule has 2 heterocycles. The number of benzene rings is 1. The molecule has 0 saturated carbocycles. The molecule has 120 valence electrons. The maximum atomic E-state index is 14.2. The van der Waals surface area contributed by atoms with Gasteiger partial charge in [0.05, 0.1) is 4.47 Å². The quantitative estimate of drug-likeness (QED) is 0.725. The lowest BCUT2D eigenvalue weighted by Gasteiger charge is -2.38. The molecule has 2 aromatic rings. The lowest BCUT2D eigenvalue weighted by atomic mass is 9.92. The van der Waals surface area contributed by atoms with Crippen LogP contribution in [0.3, 0.4) is 0 Å². The molecule has 1 atom stereocenters. The van der Waals surface area contributed by atoms with E-state index < -0.39 is 5.82 Å². The second-order valence-corrected chi connectivity index (χ2v) is 6.95. The van der Waals surface area contributed by atoms with Gasteiger partial charge in [0.2, 0.25) is 5.28 Å². The number of piperidine rings is 1. The number of nitrogens with zero attached hydrogens (tertiary/aromatic N) is 3. The zero-order valence-electron chi connectivity index (χ0n) is 11.9. The molecule has 1 aromatic carbocycles. The highest BCUT2D eigenvalue weighted by molar-refractivity contribution is 9.10. The van der Waals surface area contributed by atoms with Crippen LogP contribution in [0.2, 0.25) is 5.28 Å². The third-order valence-electron chi connectivity index (χ3n) is 3.74. The predicted molar refractivity (Wildman–Crippen MR) is 93.5 cm³/mol. The highest BCUT2D eigenvalue weighted by Crippen LogP contribution is 2.32. The van der Waals surface area contributed by atoms with Crippen molar-refractivity contribution in [1.29, 1.82) is 0 Å². The first kappa shape index (κ1) is 17.7. The normalized spacial score (nSPS) is 21.8. The highest BCUT2D eigenvalue weighted by Gasteiger charge is 2.29. The molecular formula is C14H16BrCl2FN4. The van der Waals surface area contributed by atoms with Gasteiger partial charge in [-0.05, 0) is 59.4 Å². The number of anilines is 1. The minimum atomic E-state index is -0.425. The number of aromatic nitrogens is 2. The molecule has 0 bridgehead atoms. The van der Waals surface area contributed by atoms with Gasteiger partial charge in [0.25, 0.3) is 0 Å². The summed E-state index contributed by atoms with van der Waals surface area (Å²) in [5.74, 6) is 0.221. The average molecular weight is 410 g/mol. The van der Waals surface area contributed by atoms with Gasteiger partial charge in [-0.1, -0.05) is 0 Å². The van der Waals surface area contributed by atoms with Gasteiger partial charge in [0, 0.05) is 24.0 Å². The van der Waals surface area contributed by atoms with E-state index in [9.17, 15) is 4.39 Å². The molecule has 1 unspecified atom stereocenters. The molecule has 22 heavy (non-hydrogen) atoms.